The van der Waals surface area contributed by atoms with Gasteiger partial charge in [-0.25, -0.2) is 0 Å². The lowest BCUT2D eigenvalue weighted by Gasteiger charge is -2.37. The lowest BCUT2D eigenvalue weighted by atomic mass is 9.87. The quantitative estimate of drug-likeness (QED) is 0.593. The number of nitrogens with zero attached hydrogens (tertiary/aromatic N) is 4. The van der Waals surface area contributed by atoms with Gasteiger partial charge in [-0.1, -0.05) is 26.7 Å². The van der Waals surface area contributed by atoms with Crippen molar-refractivity contribution in [2.24, 2.45) is 16.8 Å². The molecule has 24 heavy (non-hydrogen) atoms. The second kappa shape index (κ2) is 9.62. The van der Waals surface area contributed by atoms with Crippen molar-refractivity contribution < 1.29 is 0 Å². The molecule has 2 atom stereocenters. The molecule has 5 heteroatoms. The highest BCUT2D eigenvalue weighted by Gasteiger charge is 2.29. The molecule has 0 radical (unpaired) electrons. The molecule has 0 aromatic heterocycles. The number of likely N-dealkylation sites (N-methyl/N-ethyl adjacent to an activating group) is 1. The smallest absolute Gasteiger partial charge is 0.193 e. The minimum Gasteiger partial charge on any atom is -0.355 e. The van der Waals surface area contributed by atoms with Crippen molar-refractivity contribution in [2.45, 2.75) is 46.1 Å². The van der Waals surface area contributed by atoms with E-state index in [4.69, 9.17) is 0 Å². The van der Waals surface area contributed by atoms with E-state index in [0.29, 0.717) is 6.04 Å². The van der Waals surface area contributed by atoms with E-state index in [1.165, 1.54) is 52.0 Å². The van der Waals surface area contributed by atoms with Crippen LogP contribution < -0.4 is 5.32 Å². The van der Waals surface area contributed by atoms with Crippen LogP contribution in [0.3, 0.4) is 0 Å². The lowest BCUT2D eigenvalue weighted by Crippen LogP contribution is -2.52. The monoisotopic (exact) mass is 337 g/mol. The molecule has 1 N–H and O–H groups in total. The van der Waals surface area contributed by atoms with Crippen molar-refractivity contribution in [2.75, 3.05) is 59.9 Å². The van der Waals surface area contributed by atoms with Gasteiger partial charge in [-0.3, -0.25) is 9.89 Å². The van der Waals surface area contributed by atoms with Gasteiger partial charge in [0.05, 0.1) is 0 Å². The Morgan fingerprint density at radius 2 is 1.79 bits per heavy atom. The zero-order valence-corrected chi connectivity index (χ0v) is 16.6. The van der Waals surface area contributed by atoms with Crippen molar-refractivity contribution >= 4 is 5.96 Å². The molecule has 2 aliphatic heterocycles. The molecule has 140 valence electrons. The Hall–Kier alpha value is -0.810. The van der Waals surface area contributed by atoms with Crippen LogP contribution in [0.15, 0.2) is 4.99 Å². The molecule has 0 bridgehead atoms. The molecule has 0 amide bonds. The molecule has 2 saturated heterocycles. The lowest BCUT2D eigenvalue weighted by molar-refractivity contribution is 0.119. The van der Waals surface area contributed by atoms with Gasteiger partial charge in [-0.15, -0.1) is 0 Å². The van der Waals surface area contributed by atoms with E-state index in [1.807, 2.05) is 7.05 Å². The van der Waals surface area contributed by atoms with Gasteiger partial charge in [0.2, 0.25) is 0 Å². The maximum Gasteiger partial charge on any atom is 0.193 e. The molecule has 2 unspecified atom stereocenters. The Kier molecular flexibility index (Phi) is 7.82. The van der Waals surface area contributed by atoms with E-state index in [2.05, 4.69) is 52.8 Å². The molecule has 0 aliphatic carbocycles. The number of guanidine groups is 1. The first-order valence-electron chi connectivity index (χ1n) is 9.97. The zero-order chi connectivity index (χ0) is 17.5. The van der Waals surface area contributed by atoms with Crippen LogP contribution in [0.4, 0.5) is 0 Å². The van der Waals surface area contributed by atoms with Gasteiger partial charge in [0, 0.05) is 58.9 Å². The van der Waals surface area contributed by atoms with Crippen molar-refractivity contribution in [3.63, 3.8) is 0 Å². The summed E-state index contributed by atoms with van der Waals surface area (Å²) >= 11 is 0. The maximum atomic E-state index is 4.55. The van der Waals surface area contributed by atoms with Gasteiger partial charge in [0.1, 0.15) is 0 Å². The van der Waals surface area contributed by atoms with Crippen LogP contribution >= 0.6 is 0 Å². The fraction of sp³-hybridized carbons (Fsp3) is 0.947. The Morgan fingerprint density at radius 1 is 1.12 bits per heavy atom. The number of nitrogens with one attached hydrogen (secondary N) is 1. The first kappa shape index (κ1) is 19.5. The molecule has 2 heterocycles. The Labute approximate surface area is 149 Å². The standard InChI is InChI=1S/C19H39N5/c1-6-17(7-2)18-8-9-24(15-18)19(20-4)21-14-16(3)23-12-10-22(5)11-13-23/h16-18H,6-15H2,1-5H3,(H,20,21). The highest BCUT2D eigenvalue weighted by molar-refractivity contribution is 5.80. The fourth-order valence-corrected chi connectivity index (χ4v) is 4.28. The number of rotatable bonds is 6. The van der Waals surface area contributed by atoms with Crippen molar-refractivity contribution in [1.29, 1.82) is 0 Å². The van der Waals surface area contributed by atoms with Crippen molar-refractivity contribution in [3.8, 4) is 0 Å². The predicted octanol–water partition coefficient (Wildman–Crippen LogP) is 1.96. The molecular weight excluding hydrogens is 298 g/mol. The number of likely N-dealkylation sites (tertiary alicyclic amines) is 1. The Balaban J connectivity index is 1.78. The predicted molar refractivity (Wildman–Crippen MR) is 104 cm³/mol. The third-order valence-electron chi connectivity index (χ3n) is 6.17. The topological polar surface area (TPSA) is 34.1 Å². The average Bonchev–Trinajstić information content (AvgIpc) is 3.07. The molecule has 2 aliphatic rings. The van der Waals surface area contributed by atoms with Crippen LogP contribution in [-0.2, 0) is 0 Å². The van der Waals surface area contributed by atoms with Crippen LogP contribution in [0.2, 0.25) is 0 Å². The minimum absolute atomic E-state index is 0.563. The van der Waals surface area contributed by atoms with Gasteiger partial charge >= 0.3 is 0 Å². The summed E-state index contributed by atoms with van der Waals surface area (Å²) in [5.74, 6) is 2.82. The molecule has 2 fully saturated rings. The molecule has 0 aromatic rings. The minimum atomic E-state index is 0.563. The van der Waals surface area contributed by atoms with Crippen LogP contribution in [0.5, 0.6) is 0 Å². The van der Waals surface area contributed by atoms with E-state index in [-0.39, 0.29) is 0 Å². The largest absolute Gasteiger partial charge is 0.355 e. The SMILES string of the molecule is CCC(CC)C1CCN(C(=NC)NCC(C)N2CCN(C)CC2)C1. The average molecular weight is 338 g/mol. The van der Waals surface area contributed by atoms with Crippen LogP contribution in [0.25, 0.3) is 0 Å². The Morgan fingerprint density at radius 3 is 2.38 bits per heavy atom. The van der Waals surface area contributed by atoms with E-state index < -0.39 is 0 Å². The third kappa shape index (κ3) is 5.09. The number of aliphatic imine (C=N–C) groups is 1. The fourth-order valence-electron chi connectivity index (χ4n) is 4.28. The van der Waals surface area contributed by atoms with Gasteiger partial charge in [-0.05, 0) is 32.2 Å². The molecule has 2 rings (SSSR count). The van der Waals surface area contributed by atoms with Gasteiger partial charge in [-0.2, -0.15) is 0 Å². The number of hydrogen-bond acceptors (Lipinski definition) is 3. The molecular formula is C19H39N5. The van der Waals surface area contributed by atoms with Crippen LogP contribution in [-0.4, -0.2) is 86.6 Å². The summed E-state index contributed by atoms with van der Waals surface area (Å²) in [6.07, 6.45) is 3.93. The Bertz CT molecular complexity index is 385. The maximum absolute atomic E-state index is 4.55. The second-order valence-electron chi connectivity index (χ2n) is 7.69. The van der Waals surface area contributed by atoms with Gasteiger partial charge < -0.3 is 15.1 Å². The van der Waals surface area contributed by atoms with Crippen LogP contribution in [0.1, 0.15) is 40.0 Å². The normalized spacial score (nSPS) is 25.5. The molecule has 0 spiro atoms. The highest BCUT2D eigenvalue weighted by atomic mass is 15.3. The zero-order valence-electron chi connectivity index (χ0n) is 16.6. The van der Waals surface area contributed by atoms with E-state index >= 15 is 0 Å². The number of hydrogen-bond donors (Lipinski definition) is 1. The third-order valence-corrected chi connectivity index (χ3v) is 6.17. The summed E-state index contributed by atoms with van der Waals surface area (Å²) in [6.45, 7) is 15.1. The first-order valence-corrected chi connectivity index (χ1v) is 9.97. The summed E-state index contributed by atoms with van der Waals surface area (Å²) in [4.78, 5) is 12.0. The molecule has 5 nitrogen and oxygen atoms in total. The summed E-state index contributed by atoms with van der Waals surface area (Å²) in [6, 6.07) is 0.563. The summed E-state index contributed by atoms with van der Waals surface area (Å²) < 4.78 is 0. The van der Waals surface area contributed by atoms with Crippen LogP contribution in [0, 0.1) is 11.8 Å². The summed E-state index contributed by atoms with van der Waals surface area (Å²) in [7, 11) is 4.14. The molecule has 0 aromatic carbocycles. The summed E-state index contributed by atoms with van der Waals surface area (Å²) in [5.41, 5.74) is 0. The number of piperazine rings is 1. The van der Waals surface area contributed by atoms with E-state index in [9.17, 15) is 0 Å². The van der Waals surface area contributed by atoms with E-state index in [1.54, 1.807) is 0 Å². The summed E-state index contributed by atoms with van der Waals surface area (Å²) in [5, 5.41) is 3.64. The molecule has 0 saturated carbocycles. The van der Waals surface area contributed by atoms with E-state index in [0.717, 1.165) is 30.9 Å². The van der Waals surface area contributed by atoms with Crippen molar-refractivity contribution in [1.82, 2.24) is 20.0 Å². The second-order valence-corrected chi connectivity index (χ2v) is 7.69. The van der Waals surface area contributed by atoms with Gasteiger partial charge in [0.15, 0.2) is 5.96 Å². The van der Waals surface area contributed by atoms with Gasteiger partial charge in [0.25, 0.3) is 0 Å². The first-order chi connectivity index (χ1) is 11.6. The van der Waals surface area contributed by atoms with Crippen molar-refractivity contribution in [3.05, 3.63) is 0 Å². The highest BCUT2D eigenvalue weighted by Crippen LogP contribution is 2.28.